The van der Waals surface area contributed by atoms with Crippen LogP contribution >= 0.6 is 11.3 Å². The highest BCUT2D eigenvalue weighted by Crippen LogP contribution is 2.36. The molecule has 0 aliphatic carbocycles. The molecule has 10 rings (SSSR count). The molecule has 10 aromatic rings. The molecule has 0 atom stereocenters. The number of nitrogens with one attached hydrogen (secondary N) is 1. The number of aliphatic imine (C=N–C) groups is 2. The molecule has 0 saturated heterocycles. The first-order valence-corrected chi connectivity index (χ1v) is 19.4. The molecule has 0 aliphatic rings. The Kier molecular flexibility index (Phi) is 8.47. The molecule has 0 aliphatic heterocycles. The maximum Gasteiger partial charge on any atom is 0.161 e. The second-order valence-corrected chi connectivity index (χ2v) is 14.8. The fourth-order valence-corrected chi connectivity index (χ4v) is 8.67. The maximum absolute atomic E-state index is 9.32. The molecule has 1 N–H and O–H groups in total. The van der Waals surface area contributed by atoms with Crippen LogP contribution in [0.2, 0.25) is 0 Å². The molecule has 264 valence electrons. The van der Waals surface area contributed by atoms with Crippen molar-refractivity contribution in [3.05, 3.63) is 205 Å². The van der Waals surface area contributed by atoms with Crippen molar-refractivity contribution in [2.45, 2.75) is 0 Å². The molecule has 0 amide bonds. The summed E-state index contributed by atoms with van der Waals surface area (Å²) in [5, 5.41) is 13.7. The van der Waals surface area contributed by atoms with Gasteiger partial charge in [0.1, 0.15) is 11.2 Å². The molecule has 0 radical (unpaired) electrons. The summed E-state index contributed by atoms with van der Waals surface area (Å²) in [6.45, 7) is 0. The Morgan fingerprint density at radius 1 is 0.482 bits per heavy atom. The zero-order chi connectivity index (χ0) is 37.4. The lowest BCUT2D eigenvalue weighted by molar-refractivity contribution is 0.669. The Morgan fingerprint density at radius 3 is 1.86 bits per heavy atom. The molecule has 0 saturated carbocycles. The molecular weight excluding hydrogens is 703 g/mol. The van der Waals surface area contributed by atoms with Crippen molar-refractivity contribution in [1.29, 1.82) is 5.41 Å². The molecule has 0 bridgehead atoms. The van der Waals surface area contributed by atoms with Gasteiger partial charge in [0.15, 0.2) is 11.7 Å². The molecule has 8 aromatic carbocycles. The smallest absolute Gasteiger partial charge is 0.161 e. The quantitative estimate of drug-likeness (QED) is 0.134. The van der Waals surface area contributed by atoms with Crippen molar-refractivity contribution in [2.24, 2.45) is 9.98 Å². The Morgan fingerprint density at radius 2 is 1.07 bits per heavy atom. The number of hydrogen-bond acceptors (Lipinski definition) is 3. The van der Waals surface area contributed by atoms with Crippen LogP contribution in [0, 0.1) is 5.41 Å². The summed E-state index contributed by atoms with van der Waals surface area (Å²) >= 11 is 1.69. The SMILES string of the molecule is N=C(/N=C(\N=C\c1cccc(-c2cccc(-c3cccc(-c4ccccc4)c3)c2)c1)c1ccc2c(c1)oc1ccccc12)c1cccc2c1sc1ccccc12. The number of amidine groups is 2. The second-order valence-electron chi connectivity index (χ2n) is 13.8. The van der Waals surface area contributed by atoms with Crippen LogP contribution in [0.3, 0.4) is 0 Å². The van der Waals surface area contributed by atoms with E-state index in [1.165, 1.54) is 26.8 Å². The van der Waals surface area contributed by atoms with E-state index < -0.39 is 0 Å². The summed E-state index contributed by atoms with van der Waals surface area (Å²) < 4.78 is 8.49. The van der Waals surface area contributed by atoms with E-state index in [4.69, 9.17) is 14.4 Å². The largest absolute Gasteiger partial charge is 0.456 e. The van der Waals surface area contributed by atoms with E-state index in [9.17, 15) is 5.41 Å². The van der Waals surface area contributed by atoms with Crippen molar-refractivity contribution in [3.8, 4) is 33.4 Å². The number of fused-ring (bicyclic) bond motifs is 6. The molecule has 0 unspecified atom stereocenters. The van der Waals surface area contributed by atoms with E-state index >= 15 is 0 Å². The fraction of sp³-hybridized carbons (Fsp3) is 0. The molecule has 56 heavy (non-hydrogen) atoms. The highest BCUT2D eigenvalue weighted by atomic mass is 32.1. The first kappa shape index (κ1) is 33.4. The van der Waals surface area contributed by atoms with Gasteiger partial charge in [0.2, 0.25) is 0 Å². The van der Waals surface area contributed by atoms with E-state index in [1.54, 1.807) is 11.3 Å². The third kappa shape index (κ3) is 6.30. The third-order valence-electron chi connectivity index (χ3n) is 10.2. The van der Waals surface area contributed by atoms with Crippen LogP contribution in [0.15, 0.2) is 202 Å². The second kappa shape index (κ2) is 14.2. The van der Waals surface area contributed by atoms with Gasteiger partial charge in [0, 0.05) is 48.3 Å². The average molecular weight is 736 g/mol. The van der Waals surface area contributed by atoms with Crippen molar-refractivity contribution in [2.75, 3.05) is 0 Å². The Hall–Kier alpha value is -7.21. The summed E-state index contributed by atoms with van der Waals surface area (Å²) in [4.78, 5) is 9.93. The third-order valence-corrected chi connectivity index (χ3v) is 11.5. The Bertz CT molecular complexity index is 3170. The predicted octanol–water partition coefficient (Wildman–Crippen LogP) is 13.8. The van der Waals surface area contributed by atoms with Gasteiger partial charge >= 0.3 is 0 Å². The lowest BCUT2D eigenvalue weighted by Crippen LogP contribution is -2.05. The summed E-state index contributed by atoms with van der Waals surface area (Å²) in [5.74, 6) is 0.585. The molecular formula is C51H33N3OS. The van der Waals surface area contributed by atoms with Crippen LogP contribution in [-0.4, -0.2) is 17.9 Å². The zero-order valence-corrected chi connectivity index (χ0v) is 31.0. The number of para-hydroxylation sites is 1. The van der Waals surface area contributed by atoms with Gasteiger partial charge in [-0.1, -0.05) is 140 Å². The van der Waals surface area contributed by atoms with E-state index in [-0.39, 0.29) is 5.84 Å². The van der Waals surface area contributed by atoms with Gasteiger partial charge in [-0.2, -0.15) is 0 Å². The fourth-order valence-electron chi connectivity index (χ4n) is 7.45. The van der Waals surface area contributed by atoms with Crippen LogP contribution in [0.1, 0.15) is 16.7 Å². The van der Waals surface area contributed by atoms with Gasteiger partial charge in [-0.3, -0.25) is 5.41 Å². The minimum atomic E-state index is 0.154. The van der Waals surface area contributed by atoms with Gasteiger partial charge in [0.05, 0.1) is 0 Å². The van der Waals surface area contributed by atoms with E-state index in [0.717, 1.165) is 65.4 Å². The van der Waals surface area contributed by atoms with Crippen molar-refractivity contribution in [3.63, 3.8) is 0 Å². The number of furan rings is 1. The van der Waals surface area contributed by atoms with Gasteiger partial charge in [-0.25, -0.2) is 9.98 Å². The topological polar surface area (TPSA) is 61.7 Å². The molecule has 0 spiro atoms. The number of hydrogen-bond donors (Lipinski definition) is 1. The predicted molar refractivity (Wildman–Crippen MR) is 237 cm³/mol. The number of nitrogens with zero attached hydrogens (tertiary/aromatic N) is 2. The molecule has 0 fully saturated rings. The molecule has 5 heteroatoms. The minimum absolute atomic E-state index is 0.154. The highest BCUT2D eigenvalue weighted by Gasteiger charge is 2.15. The van der Waals surface area contributed by atoms with Crippen LogP contribution in [0.25, 0.3) is 75.5 Å². The Labute approximate surface area is 327 Å². The number of thiophene rings is 1. The Balaban J connectivity index is 1.02. The normalized spacial score (nSPS) is 12.0. The van der Waals surface area contributed by atoms with Crippen LogP contribution in [0.5, 0.6) is 0 Å². The lowest BCUT2D eigenvalue weighted by atomic mass is 9.96. The minimum Gasteiger partial charge on any atom is -0.456 e. The number of benzene rings is 8. The summed E-state index contributed by atoms with van der Waals surface area (Å²) in [5.41, 5.74) is 11.0. The summed E-state index contributed by atoms with van der Waals surface area (Å²) in [6, 6.07) is 64.8. The summed E-state index contributed by atoms with van der Waals surface area (Å²) in [6.07, 6.45) is 1.84. The average Bonchev–Trinajstić information content (AvgIpc) is 3.84. The van der Waals surface area contributed by atoms with Crippen molar-refractivity contribution >= 4 is 71.3 Å². The van der Waals surface area contributed by atoms with Gasteiger partial charge < -0.3 is 4.42 Å². The standard InChI is InChI=1S/C51H33N3OS/c52-50(45-23-11-22-44-43-21-5-7-25-48(43)56-49(44)45)54-51(40-26-27-42-41-20-4-6-24-46(41)55-47(42)31-40)53-32-33-12-8-15-35(28-33)37-17-10-19-39(30-37)38-18-9-16-36(29-38)34-13-2-1-3-14-34/h1-32,52H/b52-50?,53-32+,54-51-. The maximum atomic E-state index is 9.32. The zero-order valence-electron chi connectivity index (χ0n) is 30.2. The number of rotatable bonds is 6. The van der Waals surface area contributed by atoms with Crippen LogP contribution < -0.4 is 0 Å². The van der Waals surface area contributed by atoms with E-state index in [0.29, 0.717) is 5.84 Å². The van der Waals surface area contributed by atoms with Gasteiger partial charge in [-0.15, -0.1) is 11.3 Å². The highest BCUT2D eigenvalue weighted by molar-refractivity contribution is 7.26. The monoisotopic (exact) mass is 735 g/mol. The van der Waals surface area contributed by atoms with Crippen molar-refractivity contribution in [1.82, 2.24) is 0 Å². The van der Waals surface area contributed by atoms with Gasteiger partial charge in [0.25, 0.3) is 0 Å². The van der Waals surface area contributed by atoms with Crippen molar-refractivity contribution < 1.29 is 4.42 Å². The molecule has 4 nitrogen and oxygen atoms in total. The molecule has 2 heterocycles. The van der Waals surface area contributed by atoms with E-state index in [2.05, 4.69) is 133 Å². The van der Waals surface area contributed by atoms with Crippen LogP contribution in [0.4, 0.5) is 0 Å². The lowest BCUT2D eigenvalue weighted by Gasteiger charge is -2.09. The van der Waals surface area contributed by atoms with Crippen LogP contribution in [-0.2, 0) is 0 Å². The van der Waals surface area contributed by atoms with E-state index in [1.807, 2.05) is 60.8 Å². The summed E-state index contributed by atoms with van der Waals surface area (Å²) in [7, 11) is 0. The first-order valence-electron chi connectivity index (χ1n) is 18.5. The van der Waals surface area contributed by atoms with Gasteiger partial charge in [-0.05, 0) is 87.5 Å². The molecule has 2 aromatic heterocycles. The first-order chi connectivity index (χ1) is 27.6.